The molecule has 13 heavy (non-hydrogen) atoms. The van der Waals surface area contributed by atoms with Gasteiger partial charge in [-0.3, -0.25) is 4.79 Å². The fraction of sp³-hybridized carbons (Fsp3) is 0.875. The minimum Gasteiger partial charge on any atom is -0.368 e. The van der Waals surface area contributed by atoms with Crippen LogP contribution in [0.5, 0.6) is 0 Å². The van der Waals surface area contributed by atoms with Crippen molar-refractivity contribution in [3.05, 3.63) is 0 Å². The Labute approximate surface area is 79.4 Å². The van der Waals surface area contributed by atoms with E-state index < -0.39 is 20.5 Å². The summed E-state index contributed by atoms with van der Waals surface area (Å²) in [5.74, 6) is -0.761. The molecule has 0 aliphatic heterocycles. The molecule has 0 aromatic heterocycles. The molecule has 0 rings (SSSR count). The highest BCUT2D eigenvalue weighted by molar-refractivity contribution is 7.93. The predicted molar refractivity (Wildman–Crippen MR) is 52.0 cm³/mol. The van der Waals surface area contributed by atoms with Crippen molar-refractivity contribution in [2.45, 2.75) is 38.4 Å². The van der Waals surface area contributed by atoms with E-state index in [1.165, 1.54) is 13.8 Å². The lowest BCUT2D eigenvalue weighted by Gasteiger charge is -2.20. The quantitative estimate of drug-likeness (QED) is 0.711. The molecule has 0 atom stereocenters. The van der Waals surface area contributed by atoms with E-state index >= 15 is 0 Å². The van der Waals surface area contributed by atoms with E-state index in [1.807, 2.05) is 6.92 Å². The molecule has 0 spiro atoms. The lowest BCUT2D eigenvalue weighted by Crippen LogP contribution is -2.46. The number of primary amides is 1. The minimum absolute atomic E-state index is 0.0272. The van der Waals surface area contributed by atoms with Crippen molar-refractivity contribution in [1.82, 2.24) is 0 Å². The van der Waals surface area contributed by atoms with E-state index in [2.05, 4.69) is 0 Å². The van der Waals surface area contributed by atoms with Crippen LogP contribution in [0.4, 0.5) is 0 Å². The van der Waals surface area contributed by atoms with E-state index in [1.54, 1.807) is 0 Å². The van der Waals surface area contributed by atoms with Crippen molar-refractivity contribution in [2.24, 2.45) is 5.73 Å². The van der Waals surface area contributed by atoms with Crippen molar-refractivity contribution in [2.75, 3.05) is 5.75 Å². The van der Waals surface area contributed by atoms with Gasteiger partial charge in [-0.05, 0) is 20.3 Å². The lowest BCUT2D eigenvalue weighted by atomic mass is 10.2. The largest absolute Gasteiger partial charge is 0.368 e. The summed E-state index contributed by atoms with van der Waals surface area (Å²) in [5.41, 5.74) is 5.01. The second-order valence-electron chi connectivity index (χ2n) is 3.55. The zero-order valence-electron chi connectivity index (χ0n) is 8.33. The summed E-state index contributed by atoms with van der Waals surface area (Å²) in [7, 11) is -3.40. The second-order valence-corrected chi connectivity index (χ2v) is 6.21. The molecule has 0 unspecified atom stereocenters. The van der Waals surface area contributed by atoms with E-state index in [4.69, 9.17) is 5.73 Å². The predicted octanol–water partition coefficient (Wildman–Crippen LogP) is 0.465. The van der Waals surface area contributed by atoms with Gasteiger partial charge in [0.25, 0.3) is 0 Å². The highest BCUT2D eigenvalue weighted by Gasteiger charge is 2.39. The third kappa shape index (κ3) is 2.69. The number of unbranched alkanes of at least 4 members (excludes halogenated alkanes) is 1. The van der Waals surface area contributed by atoms with Crippen molar-refractivity contribution >= 4 is 15.7 Å². The maximum atomic E-state index is 11.6. The first kappa shape index (κ1) is 12.4. The van der Waals surface area contributed by atoms with E-state index in [0.29, 0.717) is 6.42 Å². The molecule has 0 aromatic carbocycles. The Hall–Kier alpha value is -0.580. The molecule has 0 aliphatic carbocycles. The number of hydrogen-bond donors (Lipinski definition) is 1. The van der Waals surface area contributed by atoms with Gasteiger partial charge in [0.05, 0.1) is 5.75 Å². The topological polar surface area (TPSA) is 77.2 Å². The van der Waals surface area contributed by atoms with Crippen molar-refractivity contribution in [1.29, 1.82) is 0 Å². The minimum atomic E-state index is -3.40. The van der Waals surface area contributed by atoms with Gasteiger partial charge >= 0.3 is 0 Å². The zero-order valence-corrected chi connectivity index (χ0v) is 9.15. The van der Waals surface area contributed by atoms with E-state index in [-0.39, 0.29) is 5.75 Å². The Balaban J connectivity index is 4.73. The lowest BCUT2D eigenvalue weighted by molar-refractivity contribution is -0.119. The van der Waals surface area contributed by atoms with Gasteiger partial charge in [-0.15, -0.1) is 0 Å². The SMILES string of the molecule is CCCCS(=O)(=O)C(C)(C)C(N)=O. The van der Waals surface area contributed by atoms with Crippen LogP contribution in [0, 0.1) is 0 Å². The van der Waals surface area contributed by atoms with Crippen LogP contribution in [0.2, 0.25) is 0 Å². The molecule has 78 valence electrons. The molecule has 0 aromatic rings. The van der Waals surface area contributed by atoms with Crippen LogP contribution in [-0.2, 0) is 14.6 Å². The Kier molecular flexibility index (Phi) is 3.90. The van der Waals surface area contributed by atoms with Crippen molar-refractivity contribution in [3.63, 3.8) is 0 Å². The van der Waals surface area contributed by atoms with Crippen LogP contribution < -0.4 is 5.73 Å². The normalized spacial score (nSPS) is 12.8. The van der Waals surface area contributed by atoms with Gasteiger partial charge < -0.3 is 5.73 Å². The average Bonchev–Trinajstić information content (AvgIpc) is 2.00. The molecule has 0 saturated carbocycles. The Bertz CT molecular complexity index is 280. The highest BCUT2D eigenvalue weighted by Crippen LogP contribution is 2.17. The molecule has 0 heterocycles. The van der Waals surface area contributed by atoms with Gasteiger partial charge in [0.1, 0.15) is 4.75 Å². The molecule has 5 heteroatoms. The maximum absolute atomic E-state index is 11.6. The summed E-state index contributed by atoms with van der Waals surface area (Å²) < 4.78 is 21.7. The summed E-state index contributed by atoms with van der Waals surface area (Å²) in [4.78, 5) is 10.9. The molecular weight excluding hydrogens is 190 g/mol. The number of amides is 1. The molecule has 2 N–H and O–H groups in total. The molecule has 0 aliphatic rings. The van der Waals surface area contributed by atoms with E-state index in [9.17, 15) is 13.2 Å². The first-order chi connectivity index (χ1) is 5.75. The van der Waals surface area contributed by atoms with Crippen LogP contribution in [0.15, 0.2) is 0 Å². The fourth-order valence-electron chi connectivity index (χ4n) is 0.743. The van der Waals surface area contributed by atoms with Crippen molar-refractivity contribution in [3.8, 4) is 0 Å². The summed E-state index contributed by atoms with van der Waals surface area (Å²) in [6.07, 6.45) is 1.35. The second kappa shape index (κ2) is 4.09. The fourth-order valence-corrected chi connectivity index (χ4v) is 2.23. The zero-order chi connectivity index (χ0) is 10.7. The summed E-state index contributed by atoms with van der Waals surface area (Å²) >= 11 is 0. The van der Waals surface area contributed by atoms with Gasteiger partial charge in [-0.1, -0.05) is 13.3 Å². The molecule has 0 radical (unpaired) electrons. The van der Waals surface area contributed by atoms with Gasteiger partial charge in [-0.25, -0.2) is 8.42 Å². The van der Waals surface area contributed by atoms with Crippen LogP contribution in [-0.4, -0.2) is 24.8 Å². The Morgan fingerprint density at radius 2 is 1.85 bits per heavy atom. The van der Waals surface area contributed by atoms with Gasteiger partial charge in [0.15, 0.2) is 9.84 Å². The average molecular weight is 207 g/mol. The van der Waals surface area contributed by atoms with Crippen molar-refractivity contribution < 1.29 is 13.2 Å². The molecular formula is C8H17NO3S. The van der Waals surface area contributed by atoms with Crippen LogP contribution in [0.3, 0.4) is 0 Å². The Morgan fingerprint density at radius 3 is 2.15 bits per heavy atom. The summed E-state index contributed by atoms with van der Waals surface area (Å²) in [6.45, 7) is 4.59. The van der Waals surface area contributed by atoms with E-state index in [0.717, 1.165) is 6.42 Å². The smallest absolute Gasteiger partial charge is 0.238 e. The molecule has 1 amide bonds. The Morgan fingerprint density at radius 1 is 1.38 bits per heavy atom. The van der Waals surface area contributed by atoms with Crippen LogP contribution in [0.25, 0.3) is 0 Å². The van der Waals surface area contributed by atoms with Gasteiger partial charge in [-0.2, -0.15) is 0 Å². The van der Waals surface area contributed by atoms with Crippen LogP contribution in [0.1, 0.15) is 33.6 Å². The number of carbonyl (C=O) groups excluding carboxylic acids is 1. The number of sulfone groups is 1. The number of carbonyl (C=O) groups is 1. The highest BCUT2D eigenvalue weighted by atomic mass is 32.2. The molecule has 0 saturated heterocycles. The standard InChI is InChI=1S/C8H17NO3S/c1-4-5-6-13(11,12)8(2,3)7(9)10/h4-6H2,1-3H3,(H2,9,10). The number of hydrogen-bond acceptors (Lipinski definition) is 3. The molecule has 0 bridgehead atoms. The third-order valence-electron chi connectivity index (χ3n) is 2.14. The molecule has 4 nitrogen and oxygen atoms in total. The molecule has 0 fully saturated rings. The van der Waals surface area contributed by atoms with Gasteiger partial charge in [0, 0.05) is 0 Å². The number of nitrogens with two attached hydrogens (primary N) is 1. The van der Waals surface area contributed by atoms with Gasteiger partial charge in [0.2, 0.25) is 5.91 Å². The maximum Gasteiger partial charge on any atom is 0.238 e. The first-order valence-corrected chi connectivity index (χ1v) is 5.93. The summed E-state index contributed by atoms with van der Waals surface area (Å²) in [6, 6.07) is 0. The monoisotopic (exact) mass is 207 g/mol. The first-order valence-electron chi connectivity index (χ1n) is 4.28. The third-order valence-corrected chi connectivity index (χ3v) is 4.72. The summed E-state index contributed by atoms with van der Waals surface area (Å²) in [5, 5.41) is 0. The number of rotatable bonds is 5. The van der Waals surface area contributed by atoms with Crippen LogP contribution >= 0.6 is 0 Å².